The molecule has 1 atom stereocenters. The third kappa shape index (κ3) is 15.4. The zero-order chi connectivity index (χ0) is 13.2. The van der Waals surface area contributed by atoms with Gasteiger partial charge in [0.05, 0.1) is 6.07 Å². The standard InChI is InChI=1S/C7H13N.C6H12O2/c1-3-5-7(4-2)6-8;1-5(7)8-6(2,3)4/h7H,3-5H2,1-2H3;1-4H3. The largest absolute Gasteiger partial charge is 0.460 e. The molecule has 0 saturated heterocycles. The third-order valence-electron chi connectivity index (χ3n) is 1.76. The van der Waals surface area contributed by atoms with E-state index in [9.17, 15) is 4.79 Å². The van der Waals surface area contributed by atoms with E-state index in [0.717, 1.165) is 19.3 Å². The highest BCUT2D eigenvalue weighted by Crippen LogP contribution is 2.07. The minimum atomic E-state index is -0.328. The summed E-state index contributed by atoms with van der Waals surface area (Å²) in [4.78, 5) is 10.2. The van der Waals surface area contributed by atoms with Gasteiger partial charge in [-0.1, -0.05) is 20.3 Å². The summed E-state index contributed by atoms with van der Waals surface area (Å²) in [5.41, 5.74) is -0.328. The summed E-state index contributed by atoms with van der Waals surface area (Å²) in [6, 6.07) is 2.25. The van der Waals surface area contributed by atoms with Crippen LogP contribution < -0.4 is 0 Å². The van der Waals surface area contributed by atoms with Crippen LogP contribution in [0.4, 0.5) is 0 Å². The first kappa shape index (κ1) is 17.4. The Labute approximate surface area is 99.8 Å². The van der Waals surface area contributed by atoms with Gasteiger partial charge in [0.25, 0.3) is 0 Å². The molecule has 0 spiro atoms. The van der Waals surface area contributed by atoms with Crippen LogP contribution in [0.5, 0.6) is 0 Å². The lowest BCUT2D eigenvalue weighted by Crippen LogP contribution is -2.21. The topological polar surface area (TPSA) is 50.1 Å². The van der Waals surface area contributed by atoms with Crippen molar-refractivity contribution in [3.05, 3.63) is 0 Å². The molecule has 94 valence electrons. The van der Waals surface area contributed by atoms with Crippen LogP contribution in [-0.4, -0.2) is 11.6 Å². The second-order valence-electron chi connectivity index (χ2n) is 4.73. The molecule has 16 heavy (non-hydrogen) atoms. The molecule has 0 radical (unpaired) electrons. The summed E-state index contributed by atoms with van der Waals surface area (Å²) in [5.74, 6) is 0.0810. The van der Waals surface area contributed by atoms with Crippen LogP contribution in [0.3, 0.4) is 0 Å². The molecule has 0 aliphatic heterocycles. The summed E-state index contributed by atoms with van der Waals surface area (Å²) < 4.78 is 4.80. The van der Waals surface area contributed by atoms with Gasteiger partial charge in [-0.15, -0.1) is 0 Å². The average Bonchev–Trinajstić information content (AvgIpc) is 2.11. The summed E-state index contributed by atoms with van der Waals surface area (Å²) in [7, 11) is 0. The molecule has 1 unspecified atom stereocenters. The summed E-state index contributed by atoms with van der Waals surface area (Å²) >= 11 is 0. The smallest absolute Gasteiger partial charge is 0.303 e. The molecule has 0 saturated carbocycles. The fourth-order valence-electron chi connectivity index (χ4n) is 1.14. The van der Waals surface area contributed by atoms with Crippen molar-refractivity contribution in [3.8, 4) is 6.07 Å². The van der Waals surface area contributed by atoms with Crippen molar-refractivity contribution in [1.29, 1.82) is 5.26 Å². The summed E-state index contributed by atoms with van der Waals surface area (Å²) in [5, 5.41) is 8.41. The maximum Gasteiger partial charge on any atom is 0.303 e. The second-order valence-corrected chi connectivity index (χ2v) is 4.73. The van der Waals surface area contributed by atoms with E-state index in [4.69, 9.17) is 10.00 Å². The number of ether oxygens (including phenoxy) is 1. The van der Waals surface area contributed by atoms with Gasteiger partial charge in [0.15, 0.2) is 0 Å². The van der Waals surface area contributed by atoms with Gasteiger partial charge in [0.1, 0.15) is 5.60 Å². The lowest BCUT2D eigenvalue weighted by Gasteiger charge is -2.17. The molecule has 0 bridgehead atoms. The Hall–Kier alpha value is -1.04. The van der Waals surface area contributed by atoms with Crippen LogP contribution in [-0.2, 0) is 9.53 Å². The normalized spacial score (nSPS) is 11.8. The number of hydrogen-bond donors (Lipinski definition) is 0. The van der Waals surface area contributed by atoms with Gasteiger partial charge in [-0.3, -0.25) is 4.79 Å². The first-order chi connectivity index (χ1) is 7.26. The highest BCUT2D eigenvalue weighted by molar-refractivity contribution is 5.66. The lowest BCUT2D eigenvalue weighted by molar-refractivity contribution is -0.151. The highest BCUT2D eigenvalue weighted by atomic mass is 16.6. The van der Waals surface area contributed by atoms with E-state index in [1.807, 2.05) is 20.8 Å². The van der Waals surface area contributed by atoms with E-state index in [-0.39, 0.29) is 11.6 Å². The van der Waals surface area contributed by atoms with Crippen LogP contribution >= 0.6 is 0 Å². The molecule has 0 fully saturated rings. The quantitative estimate of drug-likeness (QED) is 0.691. The molecule has 0 aliphatic carbocycles. The fourth-order valence-corrected chi connectivity index (χ4v) is 1.14. The Morgan fingerprint density at radius 2 is 1.88 bits per heavy atom. The first-order valence-corrected chi connectivity index (χ1v) is 5.86. The Morgan fingerprint density at radius 3 is 1.94 bits per heavy atom. The minimum Gasteiger partial charge on any atom is -0.460 e. The van der Waals surface area contributed by atoms with E-state index in [2.05, 4.69) is 19.9 Å². The van der Waals surface area contributed by atoms with Gasteiger partial charge in [0.2, 0.25) is 0 Å². The molecule has 0 rings (SSSR count). The minimum absolute atomic E-state index is 0.225. The van der Waals surface area contributed by atoms with Gasteiger partial charge >= 0.3 is 5.97 Å². The van der Waals surface area contributed by atoms with Crippen LogP contribution in [0.1, 0.15) is 60.8 Å². The molecule has 0 N–H and O–H groups in total. The van der Waals surface area contributed by atoms with E-state index in [0.29, 0.717) is 5.92 Å². The molecule has 0 aromatic carbocycles. The van der Waals surface area contributed by atoms with Crippen LogP contribution in [0.15, 0.2) is 0 Å². The van der Waals surface area contributed by atoms with Gasteiger partial charge in [0, 0.05) is 12.8 Å². The van der Waals surface area contributed by atoms with Crippen LogP contribution in [0.25, 0.3) is 0 Å². The first-order valence-electron chi connectivity index (χ1n) is 5.86. The maximum absolute atomic E-state index is 10.2. The molecule has 3 nitrogen and oxygen atoms in total. The summed E-state index contributed by atoms with van der Waals surface area (Å²) in [6.07, 6.45) is 3.20. The van der Waals surface area contributed by atoms with Gasteiger partial charge in [-0.2, -0.15) is 5.26 Å². The van der Waals surface area contributed by atoms with Gasteiger partial charge in [-0.25, -0.2) is 0 Å². The number of esters is 1. The van der Waals surface area contributed by atoms with Crippen molar-refractivity contribution in [2.45, 2.75) is 66.4 Å². The Kier molecular flexibility index (Phi) is 9.99. The van der Waals surface area contributed by atoms with Crippen molar-refractivity contribution in [3.63, 3.8) is 0 Å². The predicted molar refractivity (Wildman–Crippen MR) is 65.8 cm³/mol. The molecule has 0 amide bonds. The van der Waals surface area contributed by atoms with E-state index in [1.165, 1.54) is 6.92 Å². The van der Waals surface area contributed by atoms with Crippen molar-refractivity contribution in [2.75, 3.05) is 0 Å². The Bertz CT molecular complexity index is 223. The molecule has 0 aliphatic rings. The molecule has 0 aromatic heterocycles. The second kappa shape index (κ2) is 9.21. The fraction of sp³-hybridized carbons (Fsp3) is 0.846. The maximum atomic E-state index is 10.2. The Morgan fingerprint density at radius 1 is 1.38 bits per heavy atom. The van der Waals surface area contributed by atoms with E-state index >= 15 is 0 Å². The number of nitrogens with zero attached hydrogens (tertiary/aromatic N) is 1. The van der Waals surface area contributed by atoms with Gasteiger partial charge in [-0.05, 0) is 33.6 Å². The lowest BCUT2D eigenvalue weighted by atomic mass is 10.0. The SMILES string of the molecule is CC(=O)OC(C)(C)C.CCCC(C#N)CC. The number of rotatable bonds is 3. The number of nitriles is 1. The molecule has 0 aromatic rings. The van der Waals surface area contributed by atoms with Crippen molar-refractivity contribution < 1.29 is 9.53 Å². The van der Waals surface area contributed by atoms with Crippen LogP contribution in [0.2, 0.25) is 0 Å². The van der Waals surface area contributed by atoms with Crippen molar-refractivity contribution in [1.82, 2.24) is 0 Å². The molecular formula is C13H25NO2. The van der Waals surface area contributed by atoms with E-state index < -0.39 is 0 Å². The average molecular weight is 227 g/mol. The predicted octanol–water partition coefficient (Wildman–Crippen LogP) is 3.68. The highest BCUT2D eigenvalue weighted by Gasteiger charge is 2.11. The monoisotopic (exact) mass is 227 g/mol. The number of carbonyl (C=O) groups excluding carboxylic acids is 1. The number of carbonyl (C=O) groups is 1. The Balaban J connectivity index is 0. The van der Waals surface area contributed by atoms with Crippen LogP contribution in [0, 0.1) is 17.2 Å². The third-order valence-corrected chi connectivity index (χ3v) is 1.76. The zero-order valence-electron chi connectivity index (χ0n) is 11.5. The molecule has 0 heterocycles. The van der Waals surface area contributed by atoms with Gasteiger partial charge < -0.3 is 4.74 Å². The number of hydrogen-bond acceptors (Lipinski definition) is 3. The zero-order valence-corrected chi connectivity index (χ0v) is 11.5. The van der Waals surface area contributed by atoms with Crippen molar-refractivity contribution in [2.24, 2.45) is 5.92 Å². The molecular weight excluding hydrogens is 202 g/mol. The van der Waals surface area contributed by atoms with Crippen molar-refractivity contribution >= 4 is 5.97 Å². The van der Waals surface area contributed by atoms with E-state index in [1.54, 1.807) is 0 Å². The summed E-state index contributed by atoms with van der Waals surface area (Å²) in [6.45, 7) is 11.1. The molecule has 3 heteroatoms.